The van der Waals surface area contributed by atoms with Gasteiger partial charge in [-0.1, -0.05) is 23.7 Å². The van der Waals surface area contributed by atoms with Crippen molar-refractivity contribution in [2.24, 2.45) is 7.05 Å². The molecular weight excluding hydrogens is 296 g/mol. The Morgan fingerprint density at radius 3 is 2.86 bits per heavy atom. The van der Waals surface area contributed by atoms with Gasteiger partial charge in [0.1, 0.15) is 0 Å². The number of Topliss-reactive ketones (excluding diaryl/α,β-unsaturated/α-hetero) is 1. The second kappa shape index (κ2) is 6.27. The van der Waals surface area contributed by atoms with E-state index in [-0.39, 0.29) is 5.78 Å². The zero-order chi connectivity index (χ0) is 15.7. The van der Waals surface area contributed by atoms with Crippen molar-refractivity contribution in [2.45, 2.75) is 25.8 Å². The molecule has 0 N–H and O–H groups in total. The van der Waals surface area contributed by atoms with Crippen molar-refractivity contribution in [3.8, 4) is 0 Å². The summed E-state index contributed by atoms with van der Waals surface area (Å²) in [4.78, 5) is 13.9. The molecule has 0 amide bonds. The molecule has 1 saturated heterocycles. The van der Waals surface area contributed by atoms with Gasteiger partial charge in [0.15, 0.2) is 5.78 Å². The fraction of sp³-hybridized carbons (Fsp3) is 0.389. The van der Waals surface area contributed by atoms with E-state index in [4.69, 9.17) is 11.6 Å². The molecule has 1 fully saturated rings. The molecule has 1 aromatic carbocycles. The Morgan fingerprint density at radius 2 is 2.18 bits per heavy atom. The zero-order valence-corrected chi connectivity index (χ0v) is 13.8. The minimum absolute atomic E-state index is 0.125. The second-order valence-corrected chi connectivity index (χ2v) is 6.60. The number of ketones is 1. The van der Waals surface area contributed by atoms with E-state index in [0.29, 0.717) is 5.92 Å². The van der Waals surface area contributed by atoms with E-state index >= 15 is 0 Å². The van der Waals surface area contributed by atoms with Crippen LogP contribution in [0.4, 0.5) is 0 Å². The molecule has 3 nitrogen and oxygen atoms in total. The maximum absolute atomic E-state index is 11.5. The maximum atomic E-state index is 11.5. The fourth-order valence-corrected chi connectivity index (χ4v) is 3.40. The van der Waals surface area contributed by atoms with Gasteiger partial charge < -0.3 is 4.57 Å². The number of rotatable bonds is 4. The first-order chi connectivity index (χ1) is 10.5. The third-order valence-electron chi connectivity index (χ3n) is 4.49. The van der Waals surface area contributed by atoms with Gasteiger partial charge in [-0.05, 0) is 49.6 Å². The molecule has 1 aromatic heterocycles. The Balaban J connectivity index is 1.67. The second-order valence-electron chi connectivity index (χ2n) is 6.16. The molecule has 0 saturated carbocycles. The van der Waals surface area contributed by atoms with Gasteiger partial charge in [0.2, 0.25) is 0 Å². The van der Waals surface area contributed by atoms with Crippen molar-refractivity contribution in [3.05, 3.63) is 58.4 Å². The number of aryl methyl sites for hydroxylation is 1. The predicted octanol–water partition coefficient (Wildman–Crippen LogP) is 3.87. The van der Waals surface area contributed by atoms with Crippen LogP contribution in [0.1, 0.15) is 40.9 Å². The number of halogens is 1. The van der Waals surface area contributed by atoms with Gasteiger partial charge >= 0.3 is 0 Å². The molecule has 1 aliphatic heterocycles. The number of hydrogen-bond acceptors (Lipinski definition) is 2. The molecule has 116 valence electrons. The molecule has 0 bridgehead atoms. The SMILES string of the molecule is CC(=O)c1cc(CN2CCC(c3cccc(Cl)c3)C2)n(C)c1. The molecule has 0 aliphatic carbocycles. The minimum atomic E-state index is 0.125. The smallest absolute Gasteiger partial charge is 0.161 e. The van der Waals surface area contributed by atoms with Crippen LogP contribution < -0.4 is 0 Å². The molecule has 0 spiro atoms. The average molecular weight is 317 g/mol. The van der Waals surface area contributed by atoms with Crippen LogP contribution in [0.15, 0.2) is 36.5 Å². The molecule has 1 atom stereocenters. The Hall–Kier alpha value is -1.58. The summed E-state index contributed by atoms with van der Waals surface area (Å²) >= 11 is 6.09. The van der Waals surface area contributed by atoms with E-state index in [1.807, 2.05) is 31.4 Å². The van der Waals surface area contributed by atoms with Crippen molar-refractivity contribution in [1.82, 2.24) is 9.47 Å². The topological polar surface area (TPSA) is 25.2 Å². The molecule has 1 aliphatic rings. The van der Waals surface area contributed by atoms with Crippen LogP contribution >= 0.6 is 11.6 Å². The normalized spacial score (nSPS) is 18.8. The quantitative estimate of drug-likeness (QED) is 0.800. The Morgan fingerprint density at radius 1 is 1.36 bits per heavy atom. The van der Waals surface area contributed by atoms with E-state index in [9.17, 15) is 4.79 Å². The van der Waals surface area contributed by atoms with Gasteiger partial charge in [-0.15, -0.1) is 0 Å². The van der Waals surface area contributed by atoms with Crippen molar-refractivity contribution in [2.75, 3.05) is 13.1 Å². The summed E-state index contributed by atoms with van der Waals surface area (Å²) in [6.45, 7) is 4.63. The van der Waals surface area contributed by atoms with Crippen molar-refractivity contribution < 1.29 is 4.79 Å². The third kappa shape index (κ3) is 3.26. The van der Waals surface area contributed by atoms with Crippen LogP contribution in [-0.4, -0.2) is 28.3 Å². The predicted molar refractivity (Wildman–Crippen MR) is 89.5 cm³/mol. The Bertz CT molecular complexity index is 692. The van der Waals surface area contributed by atoms with E-state index in [1.54, 1.807) is 6.92 Å². The van der Waals surface area contributed by atoms with E-state index in [1.165, 1.54) is 11.3 Å². The van der Waals surface area contributed by atoms with Crippen LogP contribution in [0, 0.1) is 0 Å². The molecular formula is C18H21ClN2O. The molecule has 0 radical (unpaired) electrons. The number of nitrogens with zero attached hydrogens (tertiary/aromatic N) is 2. The average Bonchev–Trinajstić information content (AvgIpc) is 3.07. The highest BCUT2D eigenvalue weighted by Gasteiger charge is 2.24. The largest absolute Gasteiger partial charge is 0.353 e. The summed E-state index contributed by atoms with van der Waals surface area (Å²) in [5.74, 6) is 0.673. The number of hydrogen-bond donors (Lipinski definition) is 0. The Kier molecular flexibility index (Phi) is 4.37. The maximum Gasteiger partial charge on any atom is 0.161 e. The summed E-state index contributed by atoms with van der Waals surface area (Å²) in [6, 6.07) is 10.2. The summed E-state index contributed by atoms with van der Waals surface area (Å²) in [6.07, 6.45) is 3.08. The first kappa shape index (κ1) is 15.3. The van der Waals surface area contributed by atoms with E-state index in [0.717, 1.165) is 36.6 Å². The number of carbonyl (C=O) groups excluding carboxylic acids is 1. The van der Waals surface area contributed by atoms with Crippen LogP contribution in [-0.2, 0) is 13.6 Å². The molecule has 1 unspecified atom stereocenters. The monoisotopic (exact) mass is 316 g/mol. The number of likely N-dealkylation sites (tertiary alicyclic amines) is 1. The van der Waals surface area contributed by atoms with E-state index < -0.39 is 0 Å². The van der Waals surface area contributed by atoms with Gasteiger partial charge in [0.25, 0.3) is 0 Å². The highest BCUT2D eigenvalue weighted by Crippen LogP contribution is 2.29. The minimum Gasteiger partial charge on any atom is -0.353 e. The summed E-state index contributed by atoms with van der Waals surface area (Å²) in [5, 5.41) is 0.810. The third-order valence-corrected chi connectivity index (χ3v) is 4.73. The lowest BCUT2D eigenvalue weighted by Crippen LogP contribution is -2.21. The summed E-state index contributed by atoms with van der Waals surface area (Å²) in [5.41, 5.74) is 3.31. The lowest BCUT2D eigenvalue weighted by atomic mass is 9.99. The molecule has 3 rings (SSSR count). The number of aromatic nitrogens is 1. The van der Waals surface area contributed by atoms with Crippen LogP contribution in [0.3, 0.4) is 0 Å². The molecule has 22 heavy (non-hydrogen) atoms. The van der Waals surface area contributed by atoms with Gasteiger partial charge in [-0.25, -0.2) is 0 Å². The summed E-state index contributed by atoms with van der Waals surface area (Å²) in [7, 11) is 2.01. The first-order valence-electron chi connectivity index (χ1n) is 7.67. The molecule has 2 heterocycles. The highest BCUT2D eigenvalue weighted by atomic mass is 35.5. The lowest BCUT2D eigenvalue weighted by molar-refractivity contribution is 0.101. The van der Waals surface area contributed by atoms with Gasteiger partial charge in [0.05, 0.1) is 0 Å². The first-order valence-corrected chi connectivity index (χ1v) is 8.04. The standard InChI is InChI=1S/C18H21ClN2O/c1-13(22)16-9-18(20(2)10-16)12-21-7-6-15(11-21)14-4-3-5-17(19)8-14/h3-5,8-10,15H,6-7,11-12H2,1-2H3. The fourth-order valence-electron chi connectivity index (χ4n) is 3.20. The van der Waals surface area contributed by atoms with Crippen LogP contribution in [0.25, 0.3) is 0 Å². The number of benzene rings is 1. The van der Waals surface area contributed by atoms with Gasteiger partial charge in [-0.3, -0.25) is 9.69 Å². The van der Waals surface area contributed by atoms with E-state index in [2.05, 4.69) is 21.6 Å². The lowest BCUT2D eigenvalue weighted by Gasteiger charge is -2.16. The van der Waals surface area contributed by atoms with Crippen molar-refractivity contribution >= 4 is 17.4 Å². The summed E-state index contributed by atoms with van der Waals surface area (Å²) < 4.78 is 2.06. The number of carbonyl (C=O) groups is 1. The Labute approximate surface area is 136 Å². The van der Waals surface area contributed by atoms with Crippen LogP contribution in [0.2, 0.25) is 5.02 Å². The van der Waals surface area contributed by atoms with Crippen LogP contribution in [0.5, 0.6) is 0 Å². The van der Waals surface area contributed by atoms with Gasteiger partial charge in [-0.2, -0.15) is 0 Å². The highest BCUT2D eigenvalue weighted by molar-refractivity contribution is 6.30. The van der Waals surface area contributed by atoms with Crippen molar-refractivity contribution in [1.29, 1.82) is 0 Å². The molecule has 4 heteroatoms. The van der Waals surface area contributed by atoms with Crippen molar-refractivity contribution in [3.63, 3.8) is 0 Å². The molecule has 2 aromatic rings. The zero-order valence-electron chi connectivity index (χ0n) is 13.1. The van der Waals surface area contributed by atoms with Gasteiger partial charge in [0, 0.05) is 42.6 Å².